The average Bonchev–Trinajstić information content (AvgIpc) is 2.85. The molecule has 3 atom stereocenters. The minimum Gasteiger partial charge on any atom is -0.329 e. The lowest BCUT2D eigenvalue weighted by atomic mass is 9.93. The van der Waals surface area contributed by atoms with Gasteiger partial charge in [0.25, 0.3) is 0 Å². The highest BCUT2D eigenvalue weighted by Crippen LogP contribution is 2.39. The van der Waals surface area contributed by atoms with Crippen molar-refractivity contribution in [1.29, 1.82) is 0 Å². The molecule has 2 fully saturated rings. The van der Waals surface area contributed by atoms with Crippen LogP contribution in [-0.4, -0.2) is 30.6 Å². The second-order valence-electron chi connectivity index (χ2n) is 5.78. The summed E-state index contributed by atoms with van der Waals surface area (Å²) in [5, 5.41) is 0. The minimum atomic E-state index is 0.653. The molecule has 0 aromatic heterocycles. The largest absolute Gasteiger partial charge is 0.329 e. The summed E-state index contributed by atoms with van der Waals surface area (Å²) in [7, 11) is 0. The molecule has 0 bridgehead atoms. The van der Waals surface area contributed by atoms with Crippen LogP contribution in [0.3, 0.4) is 0 Å². The predicted molar refractivity (Wildman–Crippen MR) is 69.3 cm³/mol. The van der Waals surface area contributed by atoms with E-state index in [0.717, 1.165) is 24.3 Å². The zero-order valence-electron chi connectivity index (χ0n) is 11.0. The first-order valence-corrected chi connectivity index (χ1v) is 7.24. The fraction of sp³-hybridized carbons (Fsp3) is 1.00. The third-order valence-electron chi connectivity index (χ3n) is 5.06. The topological polar surface area (TPSA) is 29.3 Å². The summed E-state index contributed by atoms with van der Waals surface area (Å²) in [6.45, 7) is 8.15. The summed E-state index contributed by atoms with van der Waals surface area (Å²) in [6, 6.07) is 0.653. The molecule has 94 valence electrons. The van der Waals surface area contributed by atoms with Crippen molar-refractivity contribution in [1.82, 2.24) is 4.90 Å². The molecule has 0 spiro atoms. The van der Waals surface area contributed by atoms with Crippen LogP contribution in [0.25, 0.3) is 0 Å². The van der Waals surface area contributed by atoms with Gasteiger partial charge >= 0.3 is 0 Å². The quantitative estimate of drug-likeness (QED) is 0.777. The van der Waals surface area contributed by atoms with Gasteiger partial charge in [0.2, 0.25) is 0 Å². The molecule has 3 unspecified atom stereocenters. The van der Waals surface area contributed by atoms with Crippen molar-refractivity contribution < 1.29 is 0 Å². The summed E-state index contributed by atoms with van der Waals surface area (Å²) >= 11 is 0. The van der Waals surface area contributed by atoms with Crippen molar-refractivity contribution in [3.8, 4) is 0 Å². The minimum absolute atomic E-state index is 0.653. The molecule has 2 N–H and O–H groups in total. The standard InChI is InChI=1S/C14H28N2/c1-3-11(4-2)14(8-15)16-9-12-6-5-7-13(12)10-16/h11-14H,3-10,15H2,1-2H3. The second-order valence-corrected chi connectivity index (χ2v) is 5.78. The van der Waals surface area contributed by atoms with Gasteiger partial charge < -0.3 is 5.73 Å². The Morgan fingerprint density at radius 3 is 2.12 bits per heavy atom. The molecule has 1 heterocycles. The van der Waals surface area contributed by atoms with Gasteiger partial charge in [0.15, 0.2) is 0 Å². The molecule has 2 aliphatic rings. The van der Waals surface area contributed by atoms with Gasteiger partial charge in [0.1, 0.15) is 0 Å². The Hall–Kier alpha value is -0.0800. The Kier molecular flexibility index (Phi) is 4.26. The number of fused-ring (bicyclic) bond motifs is 1. The lowest BCUT2D eigenvalue weighted by Crippen LogP contribution is -2.44. The van der Waals surface area contributed by atoms with E-state index in [1.807, 2.05) is 0 Å². The van der Waals surface area contributed by atoms with E-state index in [2.05, 4.69) is 18.7 Å². The van der Waals surface area contributed by atoms with Crippen molar-refractivity contribution in [2.75, 3.05) is 19.6 Å². The summed E-state index contributed by atoms with van der Waals surface area (Å²) in [5.74, 6) is 2.82. The van der Waals surface area contributed by atoms with Crippen LogP contribution in [0.4, 0.5) is 0 Å². The molecule has 0 aromatic carbocycles. The molecule has 2 rings (SSSR count). The molecular formula is C14H28N2. The van der Waals surface area contributed by atoms with E-state index in [9.17, 15) is 0 Å². The first kappa shape index (κ1) is 12.4. The van der Waals surface area contributed by atoms with Crippen molar-refractivity contribution in [2.24, 2.45) is 23.5 Å². The van der Waals surface area contributed by atoms with Crippen LogP contribution in [0, 0.1) is 17.8 Å². The molecular weight excluding hydrogens is 196 g/mol. The maximum atomic E-state index is 6.01. The van der Waals surface area contributed by atoms with Crippen LogP contribution in [0.2, 0.25) is 0 Å². The van der Waals surface area contributed by atoms with Gasteiger partial charge in [0.05, 0.1) is 0 Å². The van der Waals surface area contributed by atoms with Gasteiger partial charge in [-0.15, -0.1) is 0 Å². The van der Waals surface area contributed by atoms with E-state index >= 15 is 0 Å². The Balaban J connectivity index is 1.95. The van der Waals surface area contributed by atoms with Gasteiger partial charge in [-0.1, -0.05) is 33.1 Å². The number of hydrogen-bond acceptors (Lipinski definition) is 2. The zero-order valence-corrected chi connectivity index (χ0v) is 11.0. The SMILES string of the molecule is CCC(CC)C(CN)N1CC2CCCC2C1. The number of nitrogens with zero attached hydrogens (tertiary/aromatic N) is 1. The van der Waals surface area contributed by atoms with Gasteiger partial charge in [-0.25, -0.2) is 0 Å². The van der Waals surface area contributed by atoms with Gasteiger partial charge in [-0.2, -0.15) is 0 Å². The summed E-state index contributed by atoms with van der Waals surface area (Å²) < 4.78 is 0. The van der Waals surface area contributed by atoms with Crippen molar-refractivity contribution in [3.05, 3.63) is 0 Å². The predicted octanol–water partition coefficient (Wildman–Crippen LogP) is 2.48. The van der Waals surface area contributed by atoms with Crippen LogP contribution >= 0.6 is 0 Å². The van der Waals surface area contributed by atoms with Crippen LogP contribution in [0.15, 0.2) is 0 Å². The smallest absolute Gasteiger partial charge is 0.0246 e. The van der Waals surface area contributed by atoms with Crippen molar-refractivity contribution in [2.45, 2.75) is 52.0 Å². The lowest BCUT2D eigenvalue weighted by molar-refractivity contribution is 0.160. The Morgan fingerprint density at radius 1 is 1.12 bits per heavy atom. The van der Waals surface area contributed by atoms with Crippen molar-refractivity contribution >= 4 is 0 Å². The van der Waals surface area contributed by atoms with E-state index in [1.54, 1.807) is 0 Å². The third-order valence-corrected chi connectivity index (χ3v) is 5.06. The van der Waals surface area contributed by atoms with E-state index in [4.69, 9.17) is 5.73 Å². The molecule has 0 radical (unpaired) electrons. The molecule has 1 saturated carbocycles. The molecule has 2 heteroatoms. The van der Waals surface area contributed by atoms with Crippen LogP contribution in [0.1, 0.15) is 46.0 Å². The van der Waals surface area contributed by atoms with E-state index in [0.29, 0.717) is 6.04 Å². The van der Waals surface area contributed by atoms with E-state index in [1.165, 1.54) is 45.2 Å². The Morgan fingerprint density at radius 2 is 1.69 bits per heavy atom. The fourth-order valence-electron chi connectivity index (χ4n) is 4.01. The third kappa shape index (κ3) is 2.28. The average molecular weight is 224 g/mol. The molecule has 16 heavy (non-hydrogen) atoms. The lowest BCUT2D eigenvalue weighted by Gasteiger charge is -2.33. The highest BCUT2D eigenvalue weighted by Gasteiger charge is 2.39. The Bertz CT molecular complexity index is 201. The fourth-order valence-corrected chi connectivity index (χ4v) is 4.01. The van der Waals surface area contributed by atoms with E-state index in [-0.39, 0.29) is 0 Å². The van der Waals surface area contributed by atoms with Crippen LogP contribution in [-0.2, 0) is 0 Å². The molecule has 2 nitrogen and oxygen atoms in total. The highest BCUT2D eigenvalue weighted by molar-refractivity contribution is 4.93. The van der Waals surface area contributed by atoms with Gasteiger partial charge in [0, 0.05) is 25.7 Å². The molecule has 1 saturated heterocycles. The first-order valence-electron chi connectivity index (χ1n) is 7.24. The summed E-state index contributed by atoms with van der Waals surface area (Å²) in [6.07, 6.45) is 6.98. The monoisotopic (exact) mass is 224 g/mol. The van der Waals surface area contributed by atoms with E-state index < -0.39 is 0 Å². The molecule has 0 aromatic rings. The first-order chi connectivity index (χ1) is 7.80. The molecule has 1 aliphatic carbocycles. The maximum Gasteiger partial charge on any atom is 0.0246 e. The number of hydrogen-bond donors (Lipinski definition) is 1. The highest BCUT2D eigenvalue weighted by atomic mass is 15.2. The number of nitrogens with two attached hydrogens (primary N) is 1. The van der Waals surface area contributed by atoms with Crippen LogP contribution < -0.4 is 5.73 Å². The van der Waals surface area contributed by atoms with Gasteiger partial charge in [-0.3, -0.25) is 4.90 Å². The number of rotatable bonds is 5. The summed E-state index contributed by atoms with van der Waals surface area (Å²) in [5.41, 5.74) is 6.01. The summed E-state index contributed by atoms with van der Waals surface area (Å²) in [4.78, 5) is 2.71. The second kappa shape index (κ2) is 5.50. The normalized spacial score (nSPS) is 32.2. The maximum absolute atomic E-state index is 6.01. The number of likely N-dealkylation sites (tertiary alicyclic amines) is 1. The Labute approximate surface area is 101 Å². The molecule has 1 aliphatic heterocycles. The van der Waals surface area contributed by atoms with Crippen LogP contribution in [0.5, 0.6) is 0 Å². The molecule has 0 amide bonds. The van der Waals surface area contributed by atoms with Gasteiger partial charge in [-0.05, 0) is 30.6 Å². The van der Waals surface area contributed by atoms with Crippen molar-refractivity contribution in [3.63, 3.8) is 0 Å². The zero-order chi connectivity index (χ0) is 11.5.